The van der Waals surface area contributed by atoms with Crippen molar-refractivity contribution in [1.29, 1.82) is 5.26 Å². The molecule has 0 fully saturated rings. The summed E-state index contributed by atoms with van der Waals surface area (Å²) in [4.78, 5) is 0. The fraction of sp³-hybridized carbons (Fsp3) is 0.714. The molecule has 1 aliphatic heterocycles. The van der Waals surface area contributed by atoms with Crippen molar-refractivity contribution in [3.05, 3.63) is 5.21 Å². The monoisotopic (exact) mass is 138 g/mol. The zero-order valence-electron chi connectivity index (χ0n) is 6.22. The molecule has 3 heteroatoms. The maximum absolute atomic E-state index is 11.1. The molecule has 0 bridgehead atoms. The molecule has 54 valence electrons. The first-order chi connectivity index (χ1) is 4.58. The maximum atomic E-state index is 11.1. The summed E-state index contributed by atoms with van der Waals surface area (Å²) in [5.74, 6) is 0. The lowest BCUT2D eigenvalue weighted by Gasteiger charge is -2.16. The van der Waals surface area contributed by atoms with Gasteiger partial charge in [0.1, 0.15) is 0 Å². The Morgan fingerprint density at radius 2 is 2.30 bits per heavy atom. The summed E-state index contributed by atoms with van der Waals surface area (Å²) in [5.41, 5.74) is 0.00965. The van der Waals surface area contributed by atoms with Gasteiger partial charge in [-0.15, -0.1) is 0 Å². The smallest absolute Gasteiger partial charge is 0.265 e. The van der Waals surface area contributed by atoms with Gasteiger partial charge in [0.2, 0.25) is 0 Å². The Kier molecular flexibility index (Phi) is 1.40. The largest absolute Gasteiger partial charge is 0.623 e. The molecular weight excluding hydrogens is 128 g/mol. The Bertz CT molecular complexity index is 222. The third-order valence-electron chi connectivity index (χ3n) is 1.90. The summed E-state index contributed by atoms with van der Waals surface area (Å²) >= 11 is 0. The summed E-state index contributed by atoms with van der Waals surface area (Å²) in [6.07, 6.45) is 1.42. The van der Waals surface area contributed by atoms with E-state index in [9.17, 15) is 5.21 Å². The van der Waals surface area contributed by atoms with E-state index in [1.807, 2.05) is 19.9 Å². The normalized spacial score (nSPS) is 22.9. The molecule has 0 unspecified atom stereocenters. The minimum absolute atomic E-state index is 0.356. The molecule has 0 atom stereocenters. The Morgan fingerprint density at radius 3 is 2.50 bits per heavy atom. The highest BCUT2D eigenvalue weighted by molar-refractivity contribution is 5.95. The van der Waals surface area contributed by atoms with Gasteiger partial charge in [0.25, 0.3) is 5.71 Å². The number of nitrogens with zero attached hydrogens (tertiary/aromatic N) is 2. The molecule has 0 radical (unpaired) electrons. The third kappa shape index (κ3) is 0.860. The number of nitriles is 1. The topological polar surface area (TPSA) is 49.9 Å². The average molecular weight is 138 g/mol. The van der Waals surface area contributed by atoms with Gasteiger partial charge in [0.15, 0.2) is 11.6 Å². The molecule has 0 spiro atoms. The van der Waals surface area contributed by atoms with Gasteiger partial charge in [0.05, 0.1) is 6.42 Å². The van der Waals surface area contributed by atoms with Crippen molar-refractivity contribution in [2.24, 2.45) is 0 Å². The molecular formula is C7H10N2O. The maximum Gasteiger partial charge on any atom is 0.265 e. The van der Waals surface area contributed by atoms with Crippen LogP contribution in [-0.2, 0) is 0 Å². The van der Waals surface area contributed by atoms with Crippen molar-refractivity contribution in [3.63, 3.8) is 0 Å². The molecule has 10 heavy (non-hydrogen) atoms. The number of rotatable bonds is 0. The van der Waals surface area contributed by atoms with Crippen molar-refractivity contribution < 1.29 is 4.74 Å². The van der Waals surface area contributed by atoms with Crippen LogP contribution in [-0.4, -0.2) is 16.0 Å². The Morgan fingerprint density at radius 1 is 1.70 bits per heavy atom. The molecule has 3 nitrogen and oxygen atoms in total. The van der Waals surface area contributed by atoms with E-state index in [0.717, 1.165) is 11.2 Å². The molecule has 1 rings (SSSR count). The molecule has 1 aliphatic rings. The highest BCUT2D eigenvalue weighted by Gasteiger charge is 2.36. The van der Waals surface area contributed by atoms with Crippen LogP contribution in [0.1, 0.15) is 26.7 Å². The van der Waals surface area contributed by atoms with Crippen LogP contribution in [0.15, 0.2) is 0 Å². The van der Waals surface area contributed by atoms with Gasteiger partial charge >= 0.3 is 0 Å². The van der Waals surface area contributed by atoms with E-state index in [4.69, 9.17) is 5.26 Å². The van der Waals surface area contributed by atoms with Crippen LogP contribution in [0.3, 0.4) is 0 Å². The molecule has 0 N–H and O–H groups in total. The fourth-order valence-electron chi connectivity index (χ4n) is 1.09. The first-order valence-corrected chi connectivity index (χ1v) is 3.31. The second-order valence-electron chi connectivity index (χ2n) is 3.17. The Balaban J connectivity index is 2.98. The average Bonchev–Trinajstić information content (AvgIpc) is 2.10. The predicted molar refractivity (Wildman–Crippen MR) is 37.6 cm³/mol. The van der Waals surface area contributed by atoms with E-state index < -0.39 is 0 Å². The molecule has 0 aliphatic carbocycles. The minimum atomic E-state index is -0.356. The molecule has 0 amide bonds. The van der Waals surface area contributed by atoms with Crippen molar-refractivity contribution in [1.82, 2.24) is 0 Å². The molecule has 0 saturated carbocycles. The molecule has 0 saturated heterocycles. The lowest BCUT2D eigenvalue weighted by Crippen LogP contribution is -2.28. The van der Waals surface area contributed by atoms with Crippen LogP contribution in [0, 0.1) is 16.5 Å². The summed E-state index contributed by atoms with van der Waals surface area (Å²) in [6.45, 7) is 3.70. The van der Waals surface area contributed by atoms with Crippen molar-refractivity contribution in [2.75, 3.05) is 0 Å². The number of hydrogen-bond acceptors (Lipinski definition) is 2. The van der Waals surface area contributed by atoms with Crippen LogP contribution < -0.4 is 0 Å². The third-order valence-corrected chi connectivity index (χ3v) is 1.90. The van der Waals surface area contributed by atoms with Gasteiger partial charge < -0.3 is 5.21 Å². The lowest BCUT2D eigenvalue weighted by molar-refractivity contribution is -0.530. The highest BCUT2D eigenvalue weighted by Crippen LogP contribution is 2.22. The molecule has 1 heterocycles. The molecule has 0 aromatic carbocycles. The number of hydroxylamine groups is 1. The van der Waals surface area contributed by atoms with Crippen LogP contribution in [0.2, 0.25) is 0 Å². The highest BCUT2D eigenvalue weighted by atomic mass is 16.5. The van der Waals surface area contributed by atoms with Gasteiger partial charge in [-0.2, -0.15) is 10.0 Å². The first kappa shape index (κ1) is 7.07. The van der Waals surface area contributed by atoms with Crippen molar-refractivity contribution in [3.8, 4) is 6.07 Å². The van der Waals surface area contributed by atoms with Gasteiger partial charge in [-0.25, -0.2) is 0 Å². The lowest BCUT2D eigenvalue weighted by atomic mass is 10.0. The Labute approximate surface area is 60.2 Å². The Hall–Kier alpha value is -1.04. The molecule has 0 aromatic heterocycles. The number of hydrogen-bond donors (Lipinski definition) is 0. The van der Waals surface area contributed by atoms with E-state index in [-0.39, 0.29) is 5.54 Å². The minimum Gasteiger partial charge on any atom is -0.623 e. The summed E-state index contributed by atoms with van der Waals surface area (Å²) < 4.78 is 0.826. The van der Waals surface area contributed by atoms with Crippen LogP contribution >= 0.6 is 0 Å². The molecule has 0 aromatic rings. The quantitative estimate of drug-likeness (QED) is 0.371. The van der Waals surface area contributed by atoms with Gasteiger partial charge in [-0.3, -0.25) is 0 Å². The zero-order valence-corrected chi connectivity index (χ0v) is 6.22. The second-order valence-corrected chi connectivity index (χ2v) is 3.17. The van der Waals surface area contributed by atoms with Crippen LogP contribution in [0.4, 0.5) is 0 Å². The van der Waals surface area contributed by atoms with Gasteiger partial charge in [0, 0.05) is 20.3 Å². The van der Waals surface area contributed by atoms with Gasteiger partial charge in [-0.1, -0.05) is 0 Å². The van der Waals surface area contributed by atoms with E-state index in [1.54, 1.807) is 0 Å². The zero-order chi connectivity index (χ0) is 7.78. The van der Waals surface area contributed by atoms with E-state index in [0.29, 0.717) is 12.1 Å². The van der Waals surface area contributed by atoms with Crippen molar-refractivity contribution >= 4 is 5.71 Å². The van der Waals surface area contributed by atoms with E-state index in [1.165, 1.54) is 0 Å². The predicted octanol–water partition coefficient (Wildman–Crippen LogP) is 1.03. The van der Waals surface area contributed by atoms with E-state index in [2.05, 4.69) is 0 Å². The summed E-state index contributed by atoms with van der Waals surface area (Å²) in [7, 11) is 0. The SMILES string of the molecule is CC1(C)CCC(C#N)=[N+]1[O-]. The fourth-order valence-corrected chi connectivity index (χ4v) is 1.09. The second kappa shape index (κ2) is 1.98. The summed E-state index contributed by atoms with van der Waals surface area (Å²) in [6, 6.07) is 1.90. The van der Waals surface area contributed by atoms with Crippen LogP contribution in [0.25, 0.3) is 0 Å². The van der Waals surface area contributed by atoms with E-state index >= 15 is 0 Å². The summed E-state index contributed by atoms with van der Waals surface area (Å²) in [5, 5.41) is 19.6. The standard InChI is InChI=1S/C7H10N2O/c1-7(2)4-3-6(5-8)9(7)10/h3-4H2,1-2H3. The van der Waals surface area contributed by atoms with Crippen molar-refractivity contribution in [2.45, 2.75) is 32.2 Å². The first-order valence-electron chi connectivity index (χ1n) is 3.31. The van der Waals surface area contributed by atoms with Crippen LogP contribution in [0.5, 0.6) is 0 Å². The van der Waals surface area contributed by atoms with Gasteiger partial charge in [-0.05, 0) is 0 Å².